The van der Waals surface area contributed by atoms with Crippen LogP contribution in [0.3, 0.4) is 0 Å². The van der Waals surface area contributed by atoms with Crippen LogP contribution >= 0.6 is 0 Å². The Morgan fingerprint density at radius 1 is 1.28 bits per heavy atom. The largest absolute Gasteiger partial charge is 0.307 e. The summed E-state index contributed by atoms with van der Waals surface area (Å²) < 4.78 is 0. The normalized spacial score (nSPS) is 26.2. The quantitative estimate of drug-likeness (QED) is 0.870. The fraction of sp³-hybridized carbons (Fsp3) is 0.688. The molecule has 2 rings (SSSR count). The van der Waals surface area contributed by atoms with Crippen molar-refractivity contribution in [3.63, 3.8) is 0 Å². The highest BCUT2D eigenvalue weighted by Gasteiger charge is 2.25. The Kier molecular flexibility index (Phi) is 4.76. The summed E-state index contributed by atoms with van der Waals surface area (Å²) in [4.78, 5) is 4.20. The van der Waals surface area contributed by atoms with Gasteiger partial charge in [-0.05, 0) is 43.2 Å². The van der Waals surface area contributed by atoms with Crippen molar-refractivity contribution in [3.8, 4) is 0 Å². The summed E-state index contributed by atoms with van der Waals surface area (Å²) in [5, 5.41) is 3.78. The molecule has 2 heteroatoms. The predicted molar refractivity (Wildman–Crippen MR) is 76.4 cm³/mol. The fourth-order valence-corrected chi connectivity index (χ4v) is 3.07. The zero-order chi connectivity index (χ0) is 13.0. The van der Waals surface area contributed by atoms with Gasteiger partial charge in [-0.3, -0.25) is 4.98 Å². The van der Waals surface area contributed by atoms with Crippen molar-refractivity contribution >= 4 is 0 Å². The lowest BCUT2D eigenvalue weighted by Crippen LogP contribution is -2.37. The summed E-state index contributed by atoms with van der Waals surface area (Å²) in [5.74, 6) is 1.72. The first kappa shape index (κ1) is 13.5. The number of nitrogens with one attached hydrogen (secondary N) is 1. The van der Waals surface area contributed by atoms with Crippen molar-refractivity contribution in [2.24, 2.45) is 11.8 Å². The van der Waals surface area contributed by atoms with E-state index in [1.807, 2.05) is 18.5 Å². The van der Waals surface area contributed by atoms with Crippen LogP contribution in [0.2, 0.25) is 0 Å². The van der Waals surface area contributed by atoms with Gasteiger partial charge in [0.05, 0.1) is 0 Å². The van der Waals surface area contributed by atoms with Crippen molar-refractivity contribution in [3.05, 3.63) is 30.1 Å². The number of hydrogen-bond acceptors (Lipinski definition) is 2. The number of pyridine rings is 1. The smallest absolute Gasteiger partial charge is 0.0315 e. The van der Waals surface area contributed by atoms with E-state index >= 15 is 0 Å². The van der Waals surface area contributed by atoms with Crippen LogP contribution < -0.4 is 5.32 Å². The molecular formula is C16H26N2. The molecule has 1 aliphatic rings. The molecule has 0 saturated heterocycles. The molecule has 0 aromatic carbocycles. The lowest BCUT2D eigenvalue weighted by molar-refractivity contribution is 0.223. The van der Waals surface area contributed by atoms with Crippen LogP contribution in [0.15, 0.2) is 24.5 Å². The maximum absolute atomic E-state index is 4.20. The molecule has 1 aromatic rings. The minimum Gasteiger partial charge on any atom is -0.307 e. The Morgan fingerprint density at radius 2 is 2.11 bits per heavy atom. The Bertz CT molecular complexity index is 347. The third kappa shape index (κ3) is 3.55. The molecule has 1 saturated carbocycles. The van der Waals surface area contributed by atoms with E-state index in [1.165, 1.54) is 31.2 Å². The van der Waals surface area contributed by atoms with E-state index in [4.69, 9.17) is 0 Å². The van der Waals surface area contributed by atoms with Gasteiger partial charge in [-0.15, -0.1) is 0 Å². The molecule has 0 amide bonds. The van der Waals surface area contributed by atoms with Gasteiger partial charge < -0.3 is 5.32 Å². The molecule has 1 fully saturated rings. The standard InChI is InChI=1S/C16H26N2/c1-12(2)14-6-4-8-16(10-14)18-13(3)15-7-5-9-17-11-15/h5,7,9,11-14,16,18H,4,6,8,10H2,1-3H3/t13-,14?,16?/m0/s1. The van der Waals surface area contributed by atoms with Crippen LogP contribution in [-0.4, -0.2) is 11.0 Å². The Hall–Kier alpha value is -0.890. The van der Waals surface area contributed by atoms with Gasteiger partial charge in [-0.1, -0.05) is 32.8 Å². The number of nitrogens with zero attached hydrogens (tertiary/aromatic N) is 1. The van der Waals surface area contributed by atoms with Gasteiger partial charge >= 0.3 is 0 Å². The van der Waals surface area contributed by atoms with E-state index < -0.39 is 0 Å². The number of aromatic nitrogens is 1. The van der Waals surface area contributed by atoms with E-state index in [2.05, 4.69) is 37.1 Å². The van der Waals surface area contributed by atoms with Crippen LogP contribution in [0, 0.1) is 11.8 Å². The highest BCUT2D eigenvalue weighted by atomic mass is 14.9. The van der Waals surface area contributed by atoms with Crippen LogP contribution in [-0.2, 0) is 0 Å². The molecule has 0 spiro atoms. The monoisotopic (exact) mass is 246 g/mol. The summed E-state index contributed by atoms with van der Waals surface area (Å²) >= 11 is 0. The second kappa shape index (κ2) is 6.33. The molecule has 1 aliphatic carbocycles. The molecule has 100 valence electrons. The van der Waals surface area contributed by atoms with Crippen molar-refractivity contribution in [2.45, 2.75) is 58.5 Å². The minimum atomic E-state index is 0.412. The van der Waals surface area contributed by atoms with Gasteiger partial charge in [0.15, 0.2) is 0 Å². The Balaban J connectivity index is 1.89. The third-order valence-corrected chi connectivity index (χ3v) is 4.33. The molecule has 2 unspecified atom stereocenters. The van der Waals surface area contributed by atoms with E-state index in [0.717, 1.165) is 11.8 Å². The maximum Gasteiger partial charge on any atom is 0.0315 e. The van der Waals surface area contributed by atoms with E-state index in [-0.39, 0.29) is 0 Å². The summed E-state index contributed by atoms with van der Waals surface area (Å²) in [6, 6.07) is 5.27. The van der Waals surface area contributed by atoms with Gasteiger partial charge in [-0.25, -0.2) is 0 Å². The second-order valence-corrected chi connectivity index (χ2v) is 6.04. The molecule has 18 heavy (non-hydrogen) atoms. The zero-order valence-electron chi connectivity index (χ0n) is 11.9. The summed E-state index contributed by atoms with van der Waals surface area (Å²) in [7, 11) is 0. The fourth-order valence-electron chi connectivity index (χ4n) is 3.07. The average Bonchev–Trinajstić information content (AvgIpc) is 2.40. The number of rotatable bonds is 4. The molecule has 1 N–H and O–H groups in total. The van der Waals surface area contributed by atoms with Gasteiger partial charge in [0.25, 0.3) is 0 Å². The van der Waals surface area contributed by atoms with Crippen molar-refractivity contribution < 1.29 is 0 Å². The summed E-state index contributed by atoms with van der Waals surface area (Å²) in [5.41, 5.74) is 1.30. The third-order valence-electron chi connectivity index (χ3n) is 4.33. The topological polar surface area (TPSA) is 24.9 Å². The lowest BCUT2D eigenvalue weighted by atomic mass is 9.79. The molecule has 2 nitrogen and oxygen atoms in total. The Morgan fingerprint density at radius 3 is 2.78 bits per heavy atom. The zero-order valence-corrected chi connectivity index (χ0v) is 11.9. The summed E-state index contributed by atoms with van der Waals surface area (Å²) in [6.45, 7) is 6.96. The van der Waals surface area contributed by atoms with E-state index in [1.54, 1.807) is 0 Å². The summed E-state index contributed by atoms with van der Waals surface area (Å²) in [6.07, 6.45) is 9.26. The molecule has 3 atom stereocenters. The highest BCUT2D eigenvalue weighted by Crippen LogP contribution is 2.31. The van der Waals surface area contributed by atoms with Crippen molar-refractivity contribution in [1.29, 1.82) is 0 Å². The molecule has 1 heterocycles. The second-order valence-electron chi connectivity index (χ2n) is 6.04. The van der Waals surface area contributed by atoms with Crippen LogP contribution in [0.1, 0.15) is 58.1 Å². The number of hydrogen-bond donors (Lipinski definition) is 1. The first-order valence-electron chi connectivity index (χ1n) is 7.32. The van der Waals surface area contributed by atoms with Gasteiger partial charge in [0.2, 0.25) is 0 Å². The first-order valence-corrected chi connectivity index (χ1v) is 7.32. The van der Waals surface area contributed by atoms with Crippen LogP contribution in [0.5, 0.6) is 0 Å². The first-order chi connectivity index (χ1) is 8.66. The average molecular weight is 246 g/mol. The SMILES string of the molecule is CC(C)C1CCCC(N[C@@H](C)c2cccnc2)C1. The molecule has 0 bridgehead atoms. The lowest BCUT2D eigenvalue weighted by Gasteiger charge is -2.34. The van der Waals surface area contributed by atoms with Crippen LogP contribution in [0.4, 0.5) is 0 Å². The van der Waals surface area contributed by atoms with Crippen LogP contribution in [0.25, 0.3) is 0 Å². The Labute approximate surface area is 111 Å². The molecule has 0 aliphatic heterocycles. The highest BCUT2D eigenvalue weighted by molar-refractivity contribution is 5.13. The van der Waals surface area contributed by atoms with Crippen molar-refractivity contribution in [1.82, 2.24) is 10.3 Å². The molecule has 0 radical (unpaired) electrons. The molecule has 1 aromatic heterocycles. The predicted octanol–water partition coefficient (Wildman–Crippen LogP) is 3.95. The van der Waals surface area contributed by atoms with Gasteiger partial charge in [-0.2, -0.15) is 0 Å². The van der Waals surface area contributed by atoms with E-state index in [0.29, 0.717) is 12.1 Å². The van der Waals surface area contributed by atoms with E-state index in [9.17, 15) is 0 Å². The molecular weight excluding hydrogens is 220 g/mol. The van der Waals surface area contributed by atoms with Crippen molar-refractivity contribution in [2.75, 3.05) is 0 Å². The van der Waals surface area contributed by atoms with Gasteiger partial charge in [0, 0.05) is 24.5 Å². The van der Waals surface area contributed by atoms with Gasteiger partial charge in [0.1, 0.15) is 0 Å². The maximum atomic E-state index is 4.20. The minimum absolute atomic E-state index is 0.412.